The van der Waals surface area contributed by atoms with Gasteiger partial charge in [-0.25, -0.2) is 0 Å². The van der Waals surface area contributed by atoms with Crippen LogP contribution in [0.25, 0.3) is 0 Å². The lowest BCUT2D eigenvalue weighted by atomic mass is 10.1. The Morgan fingerprint density at radius 2 is 1.91 bits per heavy atom. The van der Waals surface area contributed by atoms with Gasteiger partial charge in [0.25, 0.3) is 5.91 Å². The van der Waals surface area contributed by atoms with E-state index < -0.39 is 0 Å². The van der Waals surface area contributed by atoms with E-state index in [4.69, 9.17) is 0 Å². The monoisotopic (exact) mass is 436 g/mol. The van der Waals surface area contributed by atoms with Crippen molar-refractivity contribution in [2.75, 3.05) is 52.2 Å². The molecule has 3 rings (SSSR count). The fourth-order valence-corrected chi connectivity index (χ4v) is 3.53. The first-order valence-corrected chi connectivity index (χ1v) is 10.8. The average molecular weight is 437 g/mol. The second-order valence-corrected chi connectivity index (χ2v) is 7.94. The first-order valence-electron chi connectivity index (χ1n) is 10.8. The molecule has 8 nitrogen and oxygen atoms in total. The van der Waals surface area contributed by atoms with Crippen LogP contribution in [0.5, 0.6) is 0 Å². The fraction of sp³-hybridized carbons (Fsp3) is 0.375. The van der Waals surface area contributed by atoms with Gasteiger partial charge in [-0.1, -0.05) is 24.3 Å². The molecule has 32 heavy (non-hydrogen) atoms. The molecule has 0 bridgehead atoms. The Hall–Kier alpha value is -3.55. The molecule has 1 fully saturated rings. The number of nitrogens with zero attached hydrogens (tertiary/aromatic N) is 3. The lowest BCUT2D eigenvalue weighted by Gasteiger charge is -2.28. The number of carbonyl (C=O) groups is 2. The summed E-state index contributed by atoms with van der Waals surface area (Å²) >= 11 is 0. The van der Waals surface area contributed by atoms with Crippen molar-refractivity contribution in [3.63, 3.8) is 0 Å². The zero-order chi connectivity index (χ0) is 22.9. The quantitative estimate of drug-likeness (QED) is 0.449. The Kier molecular flexibility index (Phi) is 8.08. The summed E-state index contributed by atoms with van der Waals surface area (Å²) in [5.74, 6) is 0.794. The number of rotatable bonds is 7. The molecule has 2 aromatic rings. The van der Waals surface area contributed by atoms with Crippen molar-refractivity contribution < 1.29 is 9.59 Å². The van der Waals surface area contributed by atoms with E-state index in [1.165, 1.54) is 0 Å². The van der Waals surface area contributed by atoms with Crippen LogP contribution >= 0.6 is 0 Å². The first-order chi connectivity index (χ1) is 15.5. The van der Waals surface area contributed by atoms with Crippen LogP contribution in [0.3, 0.4) is 0 Å². The second-order valence-electron chi connectivity index (χ2n) is 7.94. The van der Waals surface area contributed by atoms with E-state index in [1.807, 2.05) is 36.4 Å². The number of amides is 2. The normalized spacial score (nSPS) is 14.0. The van der Waals surface area contributed by atoms with E-state index >= 15 is 0 Å². The molecule has 2 amide bonds. The molecule has 0 unspecified atom stereocenters. The van der Waals surface area contributed by atoms with E-state index in [9.17, 15) is 9.59 Å². The first kappa shape index (κ1) is 23.1. The van der Waals surface area contributed by atoms with Crippen LogP contribution in [0, 0.1) is 0 Å². The summed E-state index contributed by atoms with van der Waals surface area (Å²) in [7, 11) is 5.26. The molecule has 0 aromatic heterocycles. The highest BCUT2D eigenvalue weighted by atomic mass is 16.2. The minimum absolute atomic E-state index is 0.00635. The van der Waals surface area contributed by atoms with E-state index in [-0.39, 0.29) is 11.8 Å². The van der Waals surface area contributed by atoms with Crippen LogP contribution < -0.4 is 20.9 Å². The van der Waals surface area contributed by atoms with Crippen molar-refractivity contribution in [1.82, 2.24) is 20.9 Å². The SMILES string of the molecule is CN=C(NCCc1cccc(C(=O)N(C)C)c1)NCc1ccc(N2CCNC(=O)C2)cc1. The molecule has 0 radical (unpaired) electrons. The number of piperazine rings is 1. The van der Waals surface area contributed by atoms with Gasteiger partial charge in [0.2, 0.25) is 5.91 Å². The highest BCUT2D eigenvalue weighted by Crippen LogP contribution is 2.16. The summed E-state index contributed by atoms with van der Waals surface area (Å²) in [6, 6.07) is 15.9. The molecule has 0 saturated carbocycles. The van der Waals surface area contributed by atoms with Crippen molar-refractivity contribution in [2.24, 2.45) is 4.99 Å². The molecule has 0 atom stereocenters. The van der Waals surface area contributed by atoms with Gasteiger partial charge in [0.15, 0.2) is 5.96 Å². The third kappa shape index (κ3) is 6.47. The zero-order valence-electron chi connectivity index (χ0n) is 19.0. The molecule has 1 aliphatic heterocycles. The Bertz CT molecular complexity index is 955. The Morgan fingerprint density at radius 3 is 2.59 bits per heavy atom. The van der Waals surface area contributed by atoms with Crippen molar-refractivity contribution in [1.29, 1.82) is 0 Å². The number of guanidine groups is 1. The molecule has 8 heteroatoms. The summed E-state index contributed by atoms with van der Waals surface area (Å²) in [6.45, 7) is 3.26. The molecule has 0 spiro atoms. The maximum absolute atomic E-state index is 12.1. The molecular formula is C24H32N6O2. The topological polar surface area (TPSA) is 89.1 Å². The largest absolute Gasteiger partial charge is 0.360 e. The molecular weight excluding hydrogens is 404 g/mol. The molecule has 1 heterocycles. The summed E-state index contributed by atoms with van der Waals surface area (Å²) < 4.78 is 0. The number of anilines is 1. The van der Waals surface area contributed by atoms with Gasteiger partial charge in [0.05, 0.1) is 6.54 Å². The number of hydrogen-bond donors (Lipinski definition) is 3. The third-order valence-corrected chi connectivity index (χ3v) is 5.31. The standard InChI is InChI=1S/C24H32N6O2/c1-25-24(27-12-11-18-5-4-6-20(15-18)23(32)29(2)3)28-16-19-7-9-21(10-8-19)30-14-13-26-22(31)17-30/h4-10,15H,11-14,16-17H2,1-3H3,(H,26,31)(H2,25,27,28). The van der Waals surface area contributed by atoms with Gasteiger partial charge in [0.1, 0.15) is 0 Å². The number of aliphatic imine (C=N–C) groups is 1. The van der Waals surface area contributed by atoms with Gasteiger partial charge in [-0.2, -0.15) is 0 Å². The summed E-state index contributed by atoms with van der Waals surface area (Å²) in [5.41, 5.74) is 3.99. The number of nitrogens with one attached hydrogen (secondary N) is 3. The van der Waals surface area contributed by atoms with Gasteiger partial charge in [-0.15, -0.1) is 0 Å². The Morgan fingerprint density at radius 1 is 1.12 bits per heavy atom. The minimum Gasteiger partial charge on any atom is -0.360 e. The van der Waals surface area contributed by atoms with Crippen molar-refractivity contribution in [3.05, 3.63) is 65.2 Å². The highest BCUT2D eigenvalue weighted by Gasteiger charge is 2.16. The number of benzene rings is 2. The van der Waals surface area contributed by atoms with E-state index in [0.29, 0.717) is 31.7 Å². The van der Waals surface area contributed by atoms with Crippen LogP contribution in [0.4, 0.5) is 5.69 Å². The van der Waals surface area contributed by atoms with Gasteiger partial charge < -0.3 is 25.8 Å². The molecule has 3 N–H and O–H groups in total. The predicted octanol–water partition coefficient (Wildman–Crippen LogP) is 1.23. The highest BCUT2D eigenvalue weighted by molar-refractivity contribution is 5.94. The lowest BCUT2D eigenvalue weighted by Crippen LogP contribution is -2.47. The third-order valence-electron chi connectivity index (χ3n) is 5.31. The van der Waals surface area contributed by atoms with Gasteiger partial charge in [-0.3, -0.25) is 14.6 Å². The minimum atomic E-state index is 0.00635. The summed E-state index contributed by atoms with van der Waals surface area (Å²) in [5, 5.41) is 9.49. The van der Waals surface area contributed by atoms with Gasteiger partial charge in [-0.05, 0) is 41.8 Å². The zero-order valence-corrected chi connectivity index (χ0v) is 19.0. The smallest absolute Gasteiger partial charge is 0.253 e. The van der Waals surface area contributed by atoms with Crippen molar-refractivity contribution in [2.45, 2.75) is 13.0 Å². The van der Waals surface area contributed by atoms with Crippen LogP contribution in [0.15, 0.2) is 53.5 Å². The van der Waals surface area contributed by atoms with Gasteiger partial charge in [0, 0.05) is 58.6 Å². The average Bonchev–Trinajstić information content (AvgIpc) is 2.81. The summed E-state index contributed by atoms with van der Waals surface area (Å²) in [4.78, 5) is 31.7. The Balaban J connectivity index is 1.46. The van der Waals surface area contributed by atoms with Crippen LogP contribution in [-0.2, 0) is 17.8 Å². The summed E-state index contributed by atoms with van der Waals surface area (Å²) in [6.07, 6.45) is 0.785. The number of hydrogen-bond acceptors (Lipinski definition) is 4. The van der Waals surface area contributed by atoms with Crippen LogP contribution in [0.1, 0.15) is 21.5 Å². The molecule has 1 aliphatic rings. The van der Waals surface area contributed by atoms with Gasteiger partial charge >= 0.3 is 0 Å². The molecule has 2 aromatic carbocycles. The predicted molar refractivity (Wildman–Crippen MR) is 128 cm³/mol. The number of carbonyl (C=O) groups excluding carboxylic acids is 2. The molecule has 1 saturated heterocycles. The van der Waals surface area contributed by atoms with Crippen LogP contribution in [0.2, 0.25) is 0 Å². The molecule has 0 aliphatic carbocycles. The van der Waals surface area contributed by atoms with Crippen molar-refractivity contribution in [3.8, 4) is 0 Å². The van der Waals surface area contributed by atoms with Crippen molar-refractivity contribution >= 4 is 23.5 Å². The van der Waals surface area contributed by atoms with E-state index in [1.54, 1.807) is 26.0 Å². The second kappa shape index (κ2) is 11.2. The maximum Gasteiger partial charge on any atom is 0.253 e. The Labute approximate surface area is 189 Å². The van der Waals surface area contributed by atoms with E-state index in [0.717, 1.165) is 35.7 Å². The lowest BCUT2D eigenvalue weighted by molar-refractivity contribution is -0.120. The molecule has 170 valence electrons. The maximum atomic E-state index is 12.1. The van der Waals surface area contributed by atoms with Crippen LogP contribution in [-0.4, -0.2) is 70.0 Å². The fourth-order valence-electron chi connectivity index (χ4n) is 3.53. The van der Waals surface area contributed by atoms with E-state index in [2.05, 4.69) is 38.0 Å².